The summed E-state index contributed by atoms with van der Waals surface area (Å²) in [6, 6.07) is 9.64. The Kier molecular flexibility index (Phi) is 13.8. The first-order chi connectivity index (χ1) is 12.5. The zero-order valence-corrected chi connectivity index (χ0v) is 18.6. The van der Waals surface area contributed by atoms with E-state index in [-0.39, 0.29) is 6.10 Å². The molecule has 0 fully saturated rings. The van der Waals surface area contributed by atoms with Crippen LogP contribution in [-0.2, 0) is 16.3 Å². The number of hydrogen-bond donors (Lipinski definition) is 2. The molecule has 150 valence electrons. The van der Waals surface area contributed by atoms with Gasteiger partial charge in [-0.05, 0) is 30.4 Å². The van der Waals surface area contributed by atoms with Crippen molar-refractivity contribution in [1.29, 1.82) is 0 Å². The molecule has 1 N–H and O–H groups in total. The molecule has 3 nitrogen and oxygen atoms in total. The summed E-state index contributed by atoms with van der Waals surface area (Å²) in [5, 5.41) is 0. The molecule has 26 heavy (non-hydrogen) atoms. The van der Waals surface area contributed by atoms with Gasteiger partial charge in [-0.15, -0.1) is 0 Å². The second-order valence-corrected chi connectivity index (χ2v) is 11.9. The van der Waals surface area contributed by atoms with Gasteiger partial charge in [0.05, 0.1) is 6.10 Å². The highest BCUT2D eigenvalue weighted by Crippen LogP contribution is 2.49. The van der Waals surface area contributed by atoms with Crippen LogP contribution in [0, 0.1) is 0 Å². The quantitative estimate of drug-likeness (QED) is 0.174. The van der Waals surface area contributed by atoms with Crippen LogP contribution in [0.15, 0.2) is 30.3 Å². The third-order valence-electron chi connectivity index (χ3n) is 4.35. The molecular weight excluding hydrogens is 383 g/mol. The minimum atomic E-state index is -2.98. The van der Waals surface area contributed by atoms with Crippen molar-refractivity contribution in [1.82, 2.24) is 0 Å². The van der Waals surface area contributed by atoms with Crippen LogP contribution in [-0.4, -0.2) is 17.6 Å². The van der Waals surface area contributed by atoms with E-state index in [1.807, 2.05) is 30.3 Å². The Balaban J connectivity index is 2.17. The van der Waals surface area contributed by atoms with E-state index in [2.05, 4.69) is 19.2 Å². The zero-order valence-electron chi connectivity index (χ0n) is 16.0. The number of hydrogen-bond acceptors (Lipinski definition) is 3. The molecule has 0 aliphatic carbocycles. The van der Waals surface area contributed by atoms with Gasteiger partial charge < -0.3 is 14.2 Å². The van der Waals surface area contributed by atoms with Gasteiger partial charge in [0.2, 0.25) is 5.69 Å². The van der Waals surface area contributed by atoms with Gasteiger partial charge in [0.15, 0.2) is 0 Å². The van der Waals surface area contributed by atoms with Crippen LogP contribution in [0.3, 0.4) is 0 Å². The van der Waals surface area contributed by atoms with Crippen molar-refractivity contribution in [3.05, 3.63) is 30.3 Å². The lowest BCUT2D eigenvalue weighted by molar-refractivity contribution is 0.123. The second-order valence-electron chi connectivity index (χ2n) is 6.81. The number of thiol groups is 1. The van der Waals surface area contributed by atoms with Gasteiger partial charge in [0.25, 0.3) is 0 Å². The molecule has 0 aliphatic heterocycles. The van der Waals surface area contributed by atoms with E-state index in [4.69, 9.17) is 21.1 Å². The normalized spacial score (nSPS) is 14.7. The van der Waals surface area contributed by atoms with Crippen LogP contribution in [0.2, 0.25) is 0 Å². The molecule has 1 aromatic rings. The number of benzene rings is 1. The summed E-state index contributed by atoms with van der Waals surface area (Å²) in [5.74, 6) is 0.801. The maximum Gasteiger partial charge on any atom is 0.242 e. The highest BCUT2D eigenvalue weighted by Gasteiger charge is 2.17. The standard InChI is InChI=1S/C20H35O3PS2/c1-2-3-4-5-6-7-8-9-10-12-17-20(23-24(21,25)26)18-22-19-15-13-11-14-16-19/h11,13-16,20H,2-10,12,17-18H2,1H3,(H2,21,25,26). The molecule has 0 saturated carbocycles. The van der Waals surface area contributed by atoms with Crippen molar-refractivity contribution in [3.8, 4) is 5.75 Å². The van der Waals surface area contributed by atoms with Gasteiger partial charge in [0, 0.05) is 0 Å². The van der Waals surface area contributed by atoms with E-state index in [9.17, 15) is 4.89 Å². The van der Waals surface area contributed by atoms with E-state index in [1.165, 1.54) is 57.8 Å². The molecule has 0 amide bonds. The Labute approximate surface area is 170 Å². The lowest BCUT2D eigenvalue weighted by atomic mass is 10.0. The van der Waals surface area contributed by atoms with Gasteiger partial charge >= 0.3 is 0 Å². The molecule has 0 aliphatic rings. The summed E-state index contributed by atoms with van der Waals surface area (Å²) in [4.78, 5) is 9.76. The first-order valence-corrected chi connectivity index (χ1v) is 13.8. The topological polar surface area (TPSA) is 38.7 Å². The van der Waals surface area contributed by atoms with Crippen molar-refractivity contribution in [2.24, 2.45) is 0 Å². The molecule has 2 unspecified atom stereocenters. The van der Waals surface area contributed by atoms with Crippen LogP contribution in [0.1, 0.15) is 77.6 Å². The maximum absolute atomic E-state index is 9.76. The Bertz CT molecular complexity index is 493. The zero-order chi connectivity index (χ0) is 19.1. The van der Waals surface area contributed by atoms with Crippen molar-refractivity contribution in [2.45, 2.75) is 83.7 Å². The molecule has 0 heterocycles. The molecule has 1 aromatic carbocycles. The van der Waals surface area contributed by atoms with Gasteiger partial charge in [0.1, 0.15) is 12.4 Å². The van der Waals surface area contributed by atoms with Crippen LogP contribution in [0.4, 0.5) is 0 Å². The van der Waals surface area contributed by atoms with Crippen LogP contribution in [0.25, 0.3) is 0 Å². The molecular formula is C20H35O3PS2. The summed E-state index contributed by atoms with van der Waals surface area (Å²) >= 11 is 8.93. The molecule has 6 heteroatoms. The number of rotatable bonds is 16. The lowest BCUT2D eigenvalue weighted by Gasteiger charge is -2.21. The molecule has 0 aromatic heterocycles. The summed E-state index contributed by atoms with van der Waals surface area (Å²) in [6.07, 6.45) is 13.6. The fourth-order valence-electron chi connectivity index (χ4n) is 2.93. The molecule has 1 rings (SSSR count). The SMILES string of the molecule is CCCCCCCCCCCCC(COc1ccccc1)OP(O)(=S)S. The van der Waals surface area contributed by atoms with Gasteiger partial charge in [-0.1, -0.05) is 102 Å². The van der Waals surface area contributed by atoms with E-state index in [1.54, 1.807) is 0 Å². The fraction of sp³-hybridized carbons (Fsp3) is 0.700. The van der Waals surface area contributed by atoms with Crippen molar-refractivity contribution in [3.63, 3.8) is 0 Å². The Morgan fingerprint density at radius 1 is 0.962 bits per heavy atom. The molecule has 0 radical (unpaired) electrons. The molecule has 0 spiro atoms. The maximum atomic E-state index is 9.76. The highest BCUT2D eigenvalue weighted by molar-refractivity contribution is 8.59. The van der Waals surface area contributed by atoms with Crippen molar-refractivity contribution in [2.75, 3.05) is 6.61 Å². The molecule has 0 saturated heterocycles. The van der Waals surface area contributed by atoms with Crippen LogP contribution in [0.5, 0.6) is 5.75 Å². The van der Waals surface area contributed by atoms with Crippen LogP contribution >= 0.6 is 17.9 Å². The smallest absolute Gasteiger partial charge is 0.242 e. The average molecular weight is 419 g/mol. The predicted octanol–water partition coefficient (Wildman–Crippen LogP) is 6.91. The first-order valence-electron chi connectivity index (χ1n) is 9.93. The third-order valence-corrected chi connectivity index (χ3v) is 5.46. The summed E-state index contributed by atoms with van der Waals surface area (Å²) in [6.45, 7) is 2.64. The average Bonchev–Trinajstić information content (AvgIpc) is 2.61. The predicted molar refractivity (Wildman–Crippen MR) is 119 cm³/mol. The Morgan fingerprint density at radius 3 is 2.04 bits per heavy atom. The Morgan fingerprint density at radius 2 is 1.50 bits per heavy atom. The number of para-hydroxylation sites is 1. The number of unbranched alkanes of at least 4 members (excludes halogenated alkanes) is 9. The largest absolute Gasteiger partial charge is 0.491 e. The summed E-state index contributed by atoms with van der Waals surface area (Å²) < 4.78 is 11.3. The monoisotopic (exact) mass is 418 g/mol. The number of ether oxygens (including phenoxy) is 1. The van der Waals surface area contributed by atoms with E-state index in [0.29, 0.717) is 6.61 Å². The third kappa shape index (κ3) is 14.1. The van der Waals surface area contributed by atoms with Gasteiger partial charge in [-0.2, -0.15) is 0 Å². The minimum Gasteiger partial charge on any atom is -0.491 e. The van der Waals surface area contributed by atoms with Gasteiger partial charge in [-0.3, -0.25) is 0 Å². The fourth-order valence-corrected chi connectivity index (χ4v) is 4.25. The summed E-state index contributed by atoms with van der Waals surface area (Å²) in [7, 11) is 0. The lowest BCUT2D eigenvalue weighted by Crippen LogP contribution is -2.20. The molecule has 2 atom stereocenters. The first kappa shape index (κ1) is 24.0. The minimum absolute atomic E-state index is 0.211. The van der Waals surface area contributed by atoms with E-state index < -0.39 is 5.69 Å². The Hall–Kier alpha value is -0.0600. The van der Waals surface area contributed by atoms with Crippen LogP contribution < -0.4 is 4.74 Å². The summed E-state index contributed by atoms with van der Waals surface area (Å²) in [5.41, 5.74) is -2.98. The second kappa shape index (κ2) is 14.9. The van der Waals surface area contributed by atoms with Crippen molar-refractivity contribution < 1.29 is 14.2 Å². The highest BCUT2D eigenvalue weighted by atomic mass is 32.9. The van der Waals surface area contributed by atoms with Gasteiger partial charge in [-0.25, -0.2) is 0 Å². The van der Waals surface area contributed by atoms with E-state index in [0.717, 1.165) is 18.6 Å². The van der Waals surface area contributed by atoms with E-state index >= 15 is 0 Å². The van der Waals surface area contributed by atoms with Crippen molar-refractivity contribution >= 4 is 29.7 Å². The molecule has 0 bridgehead atoms.